The maximum atomic E-state index is 5.43. The number of nitrogens with two attached hydrogens (primary N) is 1. The molecule has 0 aliphatic carbocycles. The molecular formula is C9H15N7. The van der Waals surface area contributed by atoms with Crippen molar-refractivity contribution in [2.75, 3.05) is 11.1 Å². The Labute approximate surface area is 93.1 Å². The van der Waals surface area contributed by atoms with Crippen molar-refractivity contribution in [2.45, 2.75) is 20.4 Å². The summed E-state index contributed by atoms with van der Waals surface area (Å²) >= 11 is 0. The number of hydrogen-bond acceptors (Lipinski definition) is 5. The van der Waals surface area contributed by atoms with E-state index in [1.807, 2.05) is 25.6 Å². The van der Waals surface area contributed by atoms with Gasteiger partial charge >= 0.3 is 0 Å². The molecule has 0 amide bonds. The third-order valence-electron chi connectivity index (χ3n) is 2.58. The van der Waals surface area contributed by atoms with Crippen molar-refractivity contribution in [3.05, 3.63) is 17.0 Å². The van der Waals surface area contributed by atoms with Crippen LogP contribution in [0.4, 0.5) is 11.9 Å². The smallest absolute Gasteiger partial charge is 0.243 e. The fourth-order valence-electron chi connectivity index (χ4n) is 1.59. The summed E-state index contributed by atoms with van der Waals surface area (Å²) in [6, 6.07) is 0. The molecule has 0 atom stereocenters. The van der Waals surface area contributed by atoms with Crippen LogP contribution in [0.15, 0.2) is 0 Å². The fraction of sp³-hybridized carbons (Fsp3) is 0.444. The summed E-state index contributed by atoms with van der Waals surface area (Å²) in [6.07, 6.45) is 0. The Bertz CT molecular complexity index is 496. The van der Waals surface area contributed by atoms with E-state index >= 15 is 0 Å². The second-order valence-corrected chi connectivity index (χ2v) is 3.67. The van der Waals surface area contributed by atoms with Gasteiger partial charge in [-0.1, -0.05) is 0 Å². The summed E-state index contributed by atoms with van der Waals surface area (Å²) in [7, 11) is 1.93. The summed E-state index contributed by atoms with van der Waals surface area (Å²) in [5.41, 5.74) is 8.73. The number of aromatic nitrogens is 5. The highest BCUT2D eigenvalue weighted by Gasteiger charge is 2.09. The Morgan fingerprint density at radius 3 is 2.69 bits per heavy atom. The first kappa shape index (κ1) is 10.5. The maximum absolute atomic E-state index is 5.43. The van der Waals surface area contributed by atoms with Gasteiger partial charge in [0.05, 0.1) is 5.69 Å². The van der Waals surface area contributed by atoms with Gasteiger partial charge in [-0.15, -0.1) is 5.10 Å². The first-order chi connectivity index (χ1) is 7.58. The number of hydrogen-bond donors (Lipinski definition) is 3. The highest BCUT2D eigenvalue weighted by molar-refractivity contribution is 5.33. The highest BCUT2D eigenvalue weighted by Crippen LogP contribution is 2.13. The molecule has 7 nitrogen and oxygen atoms in total. The monoisotopic (exact) mass is 221 g/mol. The number of rotatable bonds is 3. The van der Waals surface area contributed by atoms with E-state index < -0.39 is 0 Å². The molecule has 0 unspecified atom stereocenters. The number of nitrogen functional groups attached to an aromatic ring is 1. The molecule has 0 bridgehead atoms. The zero-order chi connectivity index (χ0) is 11.7. The van der Waals surface area contributed by atoms with Crippen molar-refractivity contribution in [3.63, 3.8) is 0 Å². The van der Waals surface area contributed by atoms with Crippen LogP contribution in [-0.2, 0) is 13.6 Å². The number of anilines is 2. The van der Waals surface area contributed by atoms with Crippen LogP contribution in [0.2, 0.25) is 0 Å². The van der Waals surface area contributed by atoms with Crippen LogP contribution in [-0.4, -0.2) is 25.0 Å². The minimum atomic E-state index is 0.308. The van der Waals surface area contributed by atoms with Crippen LogP contribution in [0, 0.1) is 13.8 Å². The molecule has 2 aromatic rings. The van der Waals surface area contributed by atoms with Crippen molar-refractivity contribution in [2.24, 2.45) is 7.05 Å². The second-order valence-electron chi connectivity index (χ2n) is 3.67. The molecule has 0 spiro atoms. The average Bonchev–Trinajstić information content (AvgIpc) is 2.72. The van der Waals surface area contributed by atoms with Gasteiger partial charge in [0.2, 0.25) is 11.9 Å². The van der Waals surface area contributed by atoms with Crippen LogP contribution >= 0.6 is 0 Å². The molecule has 0 radical (unpaired) electrons. The van der Waals surface area contributed by atoms with E-state index in [-0.39, 0.29) is 0 Å². The molecule has 0 saturated heterocycles. The second kappa shape index (κ2) is 3.84. The Morgan fingerprint density at radius 2 is 2.19 bits per heavy atom. The van der Waals surface area contributed by atoms with Gasteiger partial charge in [-0.3, -0.25) is 4.68 Å². The van der Waals surface area contributed by atoms with E-state index in [2.05, 4.69) is 25.6 Å². The topological polar surface area (TPSA) is 97.4 Å². The van der Waals surface area contributed by atoms with E-state index in [9.17, 15) is 0 Å². The molecular weight excluding hydrogens is 206 g/mol. The molecule has 0 aliphatic heterocycles. The van der Waals surface area contributed by atoms with Crippen LogP contribution in [0.3, 0.4) is 0 Å². The van der Waals surface area contributed by atoms with E-state index in [0.29, 0.717) is 18.4 Å². The number of nitrogens with one attached hydrogen (secondary N) is 2. The number of H-pyrrole nitrogens is 1. The van der Waals surface area contributed by atoms with Crippen molar-refractivity contribution < 1.29 is 0 Å². The van der Waals surface area contributed by atoms with Crippen LogP contribution in [0.5, 0.6) is 0 Å². The fourth-order valence-corrected chi connectivity index (χ4v) is 1.59. The number of aryl methyl sites for hydroxylation is 2. The minimum Gasteiger partial charge on any atom is -0.368 e. The molecule has 0 aromatic carbocycles. The quantitative estimate of drug-likeness (QED) is 0.694. The first-order valence-corrected chi connectivity index (χ1v) is 4.98. The molecule has 4 N–H and O–H groups in total. The number of aromatic amines is 1. The van der Waals surface area contributed by atoms with Gasteiger partial charge in [-0.05, 0) is 13.8 Å². The number of nitrogens with zero attached hydrogens (tertiary/aromatic N) is 4. The molecule has 7 heteroatoms. The minimum absolute atomic E-state index is 0.308. The Balaban J connectivity index is 2.10. The lowest BCUT2D eigenvalue weighted by molar-refractivity contribution is 0.730. The molecule has 2 aromatic heterocycles. The Morgan fingerprint density at radius 1 is 1.44 bits per heavy atom. The lowest BCUT2D eigenvalue weighted by atomic mass is 10.2. The molecule has 16 heavy (non-hydrogen) atoms. The van der Waals surface area contributed by atoms with E-state index in [0.717, 1.165) is 17.0 Å². The van der Waals surface area contributed by atoms with Crippen molar-refractivity contribution >= 4 is 11.9 Å². The molecule has 2 rings (SSSR count). The molecule has 0 saturated carbocycles. The van der Waals surface area contributed by atoms with Gasteiger partial charge in [0, 0.05) is 24.8 Å². The third-order valence-corrected chi connectivity index (χ3v) is 2.58. The summed E-state index contributed by atoms with van der Waals surface area (Å²) in [6.45, 7) is 4.66. The maximum Gasteiger partial charge on any atom is 0.243 e. The van der Waals surface area contributed by atoms with E-state index in [1.165, 1.54) is 0 Å². The SMILES string of the molecule is Cc1nn(C)c(C)c1CNc1n[nH]c(N)n1. The lowest BCUT2D eigenvalue weighted by Gasteiger charge is -2.02. The van der Waals surface area contributed by atoms with Crippen LogP contribution in [0.1, 0.15) is 17.0 Å². The van der Waals surface area contributed by atoms with Crippen molar-refractivity contribution in [1.29, 1.82) is 0 Å². The molecule has 0 aliphatic rings. The van der Waals surface area contributed by atoms with Gasteiger partial charge in [-0.25, -0.2) is 5.10 Å². The zero-order valence-electron chi connectivity index (χ0n) is 9.57. The predicted molar refractivity (Wildman–Crippen MR) is 60.8 cm³/mol. The predicted octanol–water partition coefficient (Wildman–Crippen LogP) is 0.349. The molecule has 0 fully saturated rings. The standard InChI is InChI=1S/C9H15N7/c1-5-7(6(2)16(3)15-5)4-11-9-12-8(10)13-14-9/h4H2,1-3H3,(H4,10,11,12,13,14). The molecule has 2 heterocycles. The Kier molecular flexibility index (Phi) is 2.51. The third kappa shape index (κ3) is 1.83. The van der Waals surface area contributed by atoms with Gasteiger partial charge in [0.1, 0.15) is 0 Å². The summed E-state index contributed by atoms with van der Waals surface area (Å²) in [4.78, 5) is 3.96. The summed E-state index contributed by atoms with van der Waals surface area (Å²) in [5, 5.41) is 13.9. The Hall–Kier alpha value is -2.05. The normalized spacial score (nSPS) is 10.7. The van der Waals surface area contributed by atoms with Crippen molar-refractivity contribution in [3.8, 4) is 0 Å². The van der Waals surface area contributed by atoms with Crippen LogP contribution < -0.4 is 11.1 Å². The van der Waals surface area contributed by atoms with Crippen molar-refractivity contribution in [1.82, 2.24) is 25.0 Å². The van der Waals surface area contributed by atoms with Gasteiger partial charge in [0.25, 0.3) is 0 Å². The van der Waals surface area contributed by atoms with E-state index in [4.69, 9.17) is 5.73 Å². The van der Waals surface area contributed by atoms with E-state index in [1.54, 1.807) is 0 Å². The highest BCUT2D eigenvalue weighted by atomic mass is 15.3. The van der Waals surface area contributed by atoms with Gasteiger partial charge in [-0.2, -0.15) is 10.1 Å². The summed E-state index contributed by atoms with van der Waals surface area (Å²) in [5.74, 6) is 0.808. The zero-order valence-corrected chi connectivity index (χ0v) is 9.57. The van der Waals surface area contributed by atoms with Gasteiger partial charge < -0.3 is 11.1 Å². The van der Waals surface area contributed by atoms with Gasteiger partial charge in [0.15, 0.2) is 0 Å². The van der Waals surface area contributed by atoms with Crippen LogP contribution in [0.25, 0.3) is 0 Å². The summed E-state index contributed by atoms with van der Waals surface area (Å²) < 4.78 is 1.86. The largest absolute Gasteiger partial charge is 0.368 e. The molecule has 86 valence electrons. The lowest BCUT2D eigenvalue weighted by Crippen LogP contribution is -2.03. The first-order valence-electron chi connectivity index (χ1n) is 4.98. The average molecular weight is 221 g/mol.